The van der Waals surface area contributed by atoms with Crippen LogP contribution in [0.4, 0.5) is 5.69 Å². The Kier molecular flexibility index (Phi) is 7.91. The van der Waals surface area contributed by atoms with Gasteiger partial charge in [0.05, 0.1) is 0 Å². The number of hydrogen-bond donors (Lipinski definition) is 1. The summed E-state index contributed by atoms with van der Waals surface area (Å²) in [6, 6.07) is 20.5. The van der Waals surface area contributed by atoms with Gasteiger partial charge in [0.2, 0.25) is 5.91 Å². The average molecular weight is 365 g/mol. The van der Waals surface area contributed by atoms with Crippen LogP contribution in [-0.2, 0) is 11.2 Å². The lowest BCUT2D eigenvalue weighted by Crippen LogP contribution is -2.36. The van der Waals surface area contributed by atoms with Crippen molar-refractivity contribution >= 4 is 11.6 Å². The maximum Gasteiger partial charge on any atom is 0.224 e. The second kappa shape index (κ2) is 10.9. The molecule has 1 saturated heterocycles. The first-order valence-electron chi connectivity index (χ1n) is 10.4. The minimum absolute atomic E-state index is 0.134. The van der Waals surface area contributed by atoms with Crippen molar-refractivity contribution in [3.05, 3.63) is 66.2 Å². The third-order valence-electron chi connectivity index (χ3n) is 5.49. The van der Waals surface area contributed by atoms with E-state index in [1.54, 1.807) is 0 Å². The van der Waals surface area contributed by atoms with Crippen LogP contribution in [0.5, 0.6) is 0 Å². The summed E-state index contributed by atoms with van der Waals surface area (Å²) in [6.07, 6.45) is 7.82. The molecule has 144 valence electrons. The van der Waals surface area contributed by atoms with Crippen molar-refractivity contribution in [2.75, 3.05) is 25.0 Å². The average Bonchev–Trinajstić information content (AvgIpc) is 2.72. The molecule has 27 heavy (non-hydrogen) atoms. The zero-order valence-corrected chi connectivity index (χ0v) is 16.3. The van der Waals surface area contributed by atoms with Gasteiger partial charge in [0.25, 0.3) is 0 Å². The number of rotatable bonds is 9. The van der Waals surface area contributed by atoms with Crippen molar-refractivity contribution in [3.63, 3.8) is 0 Å². The van der Waals surface area contributed by atoms with Crippen molar-refractivity contribution < 1.29 is 4.79 Å². The standard InChI is InChI=1S/C24H32N2O/c27-24(25-23-14-5-2-6-15-23)16-8-7-12-22-13-9-18-26(20-22)19-17-21-10-3-1-4-11-21/h1-6,10-11,14-15,22H,7-9,12-13,16-20H2,(H,25,27). The molecule has 1 atom stereocenters. The highest BCUT2D eigenvalue weighted by Crippen LogP contribution is 2.22. The number of carbonyl (C=O) groups excluding carboxylic acids is 1. The summed E-state index contributed by atoms with van der Waals surface area (Å²) < 4.78 is 0. The van der Waals surface area contributed by atoms with Crippen LogP contribution in [0.3, 0.4) is 0 Å². The van der Waals surface area contributed by atoms with Crippen molar-refractivity contribution in [1.82, 2.24) is 4.90 Å². The predicted molar refractivity (Wildman–Crippen MR) is 113 cm³/mol. The van der Waals surface area contributed by atoms with E-state index in [4.69, 9.17) is 0 Å². The zero-order valence-electron chi connectivity index (χ0n) is 16.3. The zero-order chi connectivity index (χ0) is 18.7. The number of unbranched alkanes of at least 4 members (excludes halogenated alkanes) is 1. The molecule has 0 spiro atoms. The second-order valence-corrected chi connectivity index (χ2v) is 7.70. The molecule has 0 aromatic heterocycles. The fourth-order valence-electron chi connectivity index (χ4n) is 3.99. The number of para-hydroxylation sites is 1. The Labute approximate surface area is 163 Å². The summed E-state index contributed by atoms with van der Waals surface area (Å²) in [4.78, 5) is 14.6. The lowest BCUT2D eigenvalue weighted by atomic mass is 9.92. The molecule has 1 heterocycles. The van der Waals surface area contributed by atoms with Crippen LogP contribution in [0.25, 0.3) is 0 Å². The highest BCUT2D eigenvalue weighted by atomic mass is 16.1. The topological polar surface area (TPSA) is 32.3 Å². The molecule has 2 aromatic carbocycles. The molecule has 0 radical (unpaired) electrons. The summed E-state index contributed by atoms with van der Waals surface area (Å²) in [5.41, 5.74) is 2.33. The van der Waals surface area contributed by atoms with Crippen molar-refractivity contribution in [1.29, 1.82) is 0 Å². The highest BCUT2D eigenvalue weighted by molar-refractivity contribution is 5.90. The molecule has 3 heteroatoms. The minimum Gasteiger partial charge on any atom is -0.326 e. The first kappa shape index (κ1) is 19.6. The molecule has 0 saturated carbocycles. The minimum atomic E-state index is 0.134. The van der Waals surface area contributed by atoms with Gasteiger partial charge in [-0.2, -0.15) is 0 Å². The number of carbonyl (C=O) groups is 1. The third kappa shape index (κ3) is 7.18. The van der Waals surface area contributed by atoms with E-state index in [-0.39, 0.29) is 5.91 Å². The molecule has 1 fully saturated rings. The van der Waals surface area contributed by atoms with Gasteiger partial charge in [-0.15, -0.1) is 0 Å². The van der Waals surface area contributed by atoms with Gasteiger partial charge in [0.1, 0.15) is 0 Å². The monoisotopic (exact) mass is 364 g/mol. The van der Waals surface area contributed by atoms with Crippen LogP contribution in [0, 0.1) is 5.92 Å². The Bertz CT molecular complexity index is 671. The van der Waals surface area contributed by atoms with Crippen LogP contribution >= 0.6 is 0 Å². The van der Waals surface area contributed by atoms with Gasteiger partial charge in [-0.05, 0) is 62.3 Å². The van der Waals surface area contributed by atoms with Gasteiger partial charge >= 0.3 is 0 Å². The first-order chi connectivity index (χ1) is 13.3. The van der Waals surface area contributed by atoms with Crippen molar-refractivity contribution in [2.45, 2.75) is 44.9 Å². The van der Waals surface area contributed by atoms with E-state index in [0.29, 0.717) is 6.42 Å². The maximum atomic E-state index is 12.0. The normalized spacial score (nSPS) is 17.6. The van der Waals surface area contributed by atoms with Gasteiger partial charge in [0.15, 0.2) is 0 Å². The highest BCUT2D eigenvalue weighted by Gasteiger charge is 2.19. The van der Waals surface area contributed by atoms with E-state index >= 15 is 0 Å². The van der Waals surface area contributed by atoms with E-state index < -0.39 is 0 Å². The lowest BCUT2D eigenvalue weighted by Gasteiger charge is -2.32. The number of hydrogen-bond acceptors (Lipinski definition) is 2. The van der Waals surface area contributed by atoms with Crippen LogP contribution in [0.1, 0.15) is 44.1 Å². The maximum absolute atomic E-state index is 12.0. The van der Waals surface area contributed by atoms with Gasteiger partial charge in [-0.1, -0.05) is 55.0 Å². The molecule has 1 N–H and O–H groups in total. The quantitative estimate of drug-likeness (QED) is 0.625. The Morgan fingerprint density at radius 1 is 1.00 bits per heavy atom. The Balaban J connectivity index is 1.29. The number of piperidine rings is 1. The van der Waals surface area contributed by atoms with Crippen molar-refractivity contribution in [3.8, 4) is 0 Å². The first-order valence-corrected chi connectivity index (χ1v) is 10.4. The van der Waals surface area contributed by atoms with Crippen molar-refractivity contribution in [2.24, 2.45) is 5.92 Å². The number of anilines is 1. The largest absolute Gasteiger partial charge is 0.326 e. The van der Waals surface area contributed by atoms with E-state index in [1.807, 2.05) is 30.3 Å². The fraction of sp³-hybridized carbons (Fsp3) is 0.458. The van der Waals surface area contributed by atoms with E-state index in [9.17, 15) is 4.79 Å². The van der Waals surface area contributed by atoms with E-state index in [1.165, 1.54) is 44.5 Å². The van der Waals surface area contributed by atoms with Gasteiger partial charge in [0, 0.05) is 25.2 Å². The summed E-state index contributed by atoms with van der Waals surface area (Å²) in [5.74, 6) is 0.932. The number of likely N-dealkylation sites (tertiary alicyclic amines) is 1. The molecule has 1 aliphatic heterocycles. The van der Waals surface area contributed by atoms with Crippen LogP contribution < -0.4 is 5.32 Å². The smallest absolute Gasteiger partial charge is 0.224 e. The molecular formula is C24H32N2O. The van der Waals surface area contributed by atoms with Crippen LogP contribution in [0.15, 0.2) is 60.7 Å². The van der Waals surface area contributed by atoms with Crippen LogP contribution in [-0.4, -0.2) is 30.4 Å². The second-order valence-electron chi connectivity index (χ2n) is 7.70. The number of benzene rings is 2. The Morgan fingerprint density at radius 2 is 1.74 bits per heavy atom. The Hall–Kier alpha value is -2.13. The molecular weight excluding hydrogens is 332 g/mol. The molecule has 0 aliphatic carbocycles. The summed E-state index contributed by atoms with van der Waals surface area (Å²) in [7, 11) is 0. The molecule has 3 rings (SSSR count). The van der Waals surface area contributed by atoms with Gasteiger partial charge in [-0.25, -0.2) is 0 Å². The third-order valence-corrected chi connectivity index (χ3v) is 5.49. The number of amides is 1. The molecule has 1 amide bonds. The van der Waals surface area contributed by atoms with E-state index in [2.05, 4.69) is 40.5 Å². The number of nitrogens with zero attached hydrogens (tertiary/aromatic N) is 1. The van der Waals surface area contributed by atoms with E-state index in [0.717, 1.165) is 30.9 Å². The summed E-state index contributed by atoms with van der Waals surface area (Å²) in [5, 5.41) is 2.97. The van der Waals surface area contributed by atoms with Gasteiger partial charge < -0.3 is 10.2 Å². The van der Waals surface area contributed by atoms with Gasteiger partial charge in [-0.3, -0.25) is 4.79 Å². The van der Waals surface area contributed by atoms with Crippen LogP contribution in [0.2, 0.25) is 0 Å². The predicted octanol–water partition coefficient (Wildman–Crippen LogP) is 5.14. The Morgan fingerprint density at radius 3 is 2.52 bits per heavy atom. The SMILES string of the molecule is O=C(CCCCC1CCCN(CCc2ccccc2)C1)Nc1ccccc1. The summed E-state index contributed by atoms with van der Waals surface area (Å²) >= 11 is 0. The molecule has 3 nitrogen and oxygen atoms in total. The molecule has 1 unspecified atom stereocenters. The molecule has 2 aromatic rings. The summed E-state index contributed by atoms with van der Waals surface area (Å²) in [6.45, 7) is 3.63. The molecule has 0 bridgehead atoms. The fourth-order valence-corrected chi connectivity index (χ4v) is 3.99. The number of nitrogens with one attached hydrogen (secondary N) is 1. The lowest BCUT2D eigenvalue weighted by molar-refractivity contribution is -0.116. The molecule has 1 aliphatic rings.